The quantitative estimate of drug-likeness (QED) is 0.715. The van der Waals surface area contributed by atoms with E-state index in [1.165, 1.54) is 24.2 Å². The van der Waals surface area contributed by atoms with Crippen LogP contribution in [0.25, 0.3) is 0 Å². The minimum absolute atomic E-state index is 0.0577. The van der Waals surface area contributed by atoms with Gasteiger partial charge in [0.2, 0.25) is 5.13 Å². The van der Waals surface area contributed by atoms with E-state index >= 15 is 0 Å². The first-order valence-corrected chi connectivity index (χ1v) is 9.09. The summed E-state index contributed by atoms with van der Waals surface area (Å²) >= 11 is 1.46. The van der Waals surface area contributed by atoms with E-state index in [-0.39, 0.29) is 12.1 Å². The van der Waals surface area contributed by atoms with Crippen molar-refractivity contribution in [3.05, 3.63) is 40.9 Å². The third-order valence-corrected chi connectivity index (χ3v) is 4.83. The Hall–Kier alpha value is -1.99. The van der Waals surface area contributed by atoms with Crippen LogP contribution in [0.4, 0.5) is 9.93 Å². The summed E-state index contributed by atoms with van der Waals surface area (Å²) in [7, 11) is 0. The number of anilines is 1. The molecule has 1 aliphatic carbocycles. The van der Waals surface area contributed by atoms with Crippen molar-refractivity contribution in [3.8, 4) is 0 Å². The lowest BCUT2D eigenvalue weighted by atomic mass is 10.1. The first kappa shape index (κ1) is 16.9. The van der Waals surface area contributed by atoms with E-state index in [0.717, 1.165) is 17.0 Å². The lowest BCUT2D eigenvalue weighted by Crippen LogP contribution is -2.30. The van der Waals surface area contributed by atoms with Crippen molar-refractivity contribution in [1.82, 2.24) is 15.5 Å². The van der Waals surface area contributed by atoms with Crippen molar-refractivity contribution in [2.45, 2.75) is 38.2 Å². The zero-order chi connectivity index (χ0) is 16.8. The number of nitrogens with zero attached hydrogens (tertiary/aromatic N) is 2. The van der Waals surface area contributed by atoms with Crippen molar-refractivity contribution < 1.29 is 9.53 Å². The first-order chi connectivity index (χ1) is 11.7. The molecule has 0 radical (unpaired) electrons. The number of ether oxygens (including phenoxy) is 1. The van der Waals surface area contributed by atoms with Gasteiger partial charge in [-0.3, -0.25) is 5.32 Å². The number of urea groups is 1. The van der Waals surface area contributed by atoms with Gasteiger partial charge in [-0.1, -0.05) is 41.7 Å². The van der Waals surface area contributed by atoms with Gasteiger partial charge in [-0.05, 0) is 31.7 Å². The molecule has 1 saturated carbocycles. The molecule has 2 amide bonds. The maximum Gasteiger partial charge on any atom is 0.321 e. The van der Waals surface area contributed by atoms with Crippen LogP contribution in [0.1, 0.15) is 48.8 Å². The lowest BCUT2D eigenvalue weighted by Gasteiger charge is -2.13. The molecule has 24 heavy (non-hydrogen) atoms. The van der Waals surface area contributed by atoms with Crippen molar-refractivity contribution >= 4 is 22.5 Å². The van der Waals surface area contributed by atoms with Gasteiger partial charge in [0.1, 0.15) is 5.01 Å². The summed E-state index contributed by atoms with van der Waals surface area (Å²) < 4.78 is 5.77. The fourth-order valence-corrected chi connectivity index (χ4v) is 3.18. The summed E-state index contributed by atoms with van der Waals surface area (Å²) in [6.45, 7) is 3.19. The molecule has 0 saturated heterocycles. The van der Waals surface area contributed by atoms with Gasteiger partial charge in [-0.15, -0.1) is 10.2 Å². The molecule has 1 unspecified atom stereocenters. The van der Waals surface area contributed by atoms with Gasteiger partial charge < -0.3 is 10.1 Å². The van der Waals surface area contributed by atoms with E-state index in [0.29, 0.717) is 24.2 Å². The molecule has 1 aliphatic rings. The van der Waals surface area contributed by atoms with Crippen LogP contribution in [-0.2, 0) is 4.74 Å². The number of nitrogens with one attached hydrogen (secondary N) is 2. The van der Waals surface area contributed by atoms with E-state index in [1.54, 1.807) is 0 Å². The monoisotopic (exact) mass is 346 g/mol. The Bertz CT molecular complexity index is 658. The van der Waals surface area contributed by atoms with E-state index in [9.17, 15) is 4.79 Å². The summed E-state index contributed by atoms with van der Waals surface area (Å²) in [5.41, 5.74) is 1.16. The second kappa shape index (κ2) is 8.21. The number of carbonyl (C=O) groups excluding carboxylic acids is 1. The number of aromatic nitrogens is 2. The highest BCUT2D eigenvalue weighted by molar-refractivity contribution is 7.15. The average molecular weight is 346 g/mol. The Morgan fingerprint density at radius 1 is 1.33 bits per heavy atom. The van der Waals surface area contributed by atoms with Crippen molar-refractivity contribution in [3.63, 3.8) is 0 Å². The lowest BCUT2D eigenvalue weighted by molar-refractivity contribution is 0.0644. The molecule has 1 atom stereocenters. The summed E-state index contributed by atoms with van der Waals surface area (Å²) in [4.78, 5) is 11.8. The highest BCUT2D eigenvalue weighted by atomic mass is 32.1. The first-order valence-electron chi connectivity index (χ1n) is 8.27. The predicted octanol–water partition coefficient (Wildman–Crippen LogP) is 3.70. The summed E-state index contributed by atoms with van der Waals surface area (Å²) in [6, 6.07) is 9.85. The molecular formula is C17H22N4O2S. The highest BCUT2D eigenvalue weighted by Crippen LogP contribution is 2.41. The Balaban J connectivity index is 1.29. The van der Waals surface area contributed by atoms with Crippen LogP contribution in [0.2, 0.25) is 0 Å². The summed E-state index contributed by atoms with van der Waals surface area (Å²) in [5.74, 6) is 0.560. The highest BCUT2D eigenvalue weighted by Gasteiger charge is 2.27. The zero-order valence-corrected chi connectivity index (χ0v) is 14.5. The van der Waals surface area contributed by atoms with Gasteiger partial charge in [0.05, 0.1) is 6.10 Å². The van der Waals surface area contributed by atoms with Crippen LogP contribution >= 0.6 is 11.3 Å². The number of benzene rings is 1. The molecule has 128 valence electrons. The maximum atomic E-state index is 11.8. The molecule has 0 spiro atoms. The number of hydrogen-bond acceptors (Lipinski definition) is 5. The Kier molecular flexibility index (Phi) is 5.77. The molecule has 3 rings (SSSR count). The third kappa shape index (κ3) is 5.01. The fraction of sp³-hybridized carbons (Fsp3) is 0.471. The number of carbonyl (C=O) groups is 1. The Morgan fingerprint density at radius 3 is 2.88 bits per heavy atom. The van der Waals surface area contributed by atoms with Crippen LogP contribution < -0.4 is 10.6 Å². The molecule has 2 N–H and O–H groups in total. The van der Waals surface area contributed by atoms with E-state index < -0.39 is 0 Å². The normalized spacial score (nSPS) is 15.0. The molecule has 1 aromatic carbocycles. The van der Waals surface area contributed by atoms with Gasteiger partial charge in [0.25, 0.3) is 0 Å². The van der Waals surface area contributed by atoms with E-state index in [4.69, 9.17) is 4.74 Å². The predicted molar refractivity (Wildman–Crippen MR) is 94.3 cm³/mol. The molecule has 6 nitrogen and oxygen atoms in total. The summed E-state index contributed by atoms with van der Waals surface area (Å²) in [5, 5.41) is 15.2. The minimum Gasteiger partial charge on any atom is -0.374 e. The maximum absolute atomic E-state index is 11.8. The van der Waals surface area contributed by atoms with Gasteiger partial charge >= 0.3 is 6.03 Å². The Morgan fingerprint density at radius 2 is 2.12 bits per heavy atom. The fourth-order valence-electron chi connectivity index (χ4n) is 2.28. The van der Waals surface area contributed by atoms with E-state index in [2.05, 4.69) is 20.8 Å². The number of hydrogen-bond donors (Lipinski definition) is 2. The van der Waals surface area contributed by atoms with Crippen molar-refractivity contribution in [1.29, 1.82) is 0 Å². The second-order valence-electron chi connectivity index (χ2n) is 5.88. The van der Waals surface area contributed by atoms with Gasteiger partial charge in [0.15, 0.2) is 0 Å². The molecule has 1 aromatic heterocycles. The van der Waals surface area contributed by atoms with Gasteiger partial charge in [-0.25, -0.2) is 4.79 Å². The van der Waals surface area contributed by atoms with Crippen LogP contribution in [0.15, 0.2) is 30.3 Å². The molecule has 0 aliphatic heterocycles. The molecule has 0 bridgehead atoms. The third-order valence-electron chi connectivity index (χ3n) is 3.83. The van der Waals surface area contributed by atoms with Gasteiger partial charge in [0, 0.05) is 19.1 Å². The average Bonchev–Trinajstić information content (AvgIpc) is 3.35. The van der Waals surface area contributed by atoms with E-state index in [1.807, 2.05) is 37.3 Å². The SMILES string of the molecule is CC(OCCCNC(=O)Nc1nnc(C2CC2)s1)c1ccccc1. The largest absolute Gasteiger partial charge is 0.374 e. The number of rotatable bonds is 8. The van der Waals surface area contributed by atoms with Crippen LogP contribution in [-0.4, -0.2) is 29.4 Å². The van der Waals surface area contributed by atoms with Crippen molar-refractivity contribution in [2.24, 2.45) is 0 Å². The second-order valence-corrected chi connectivity index (χ2v) is 6.89. The molecule has 2 aromatic rings. The smallest absolute Gasteiger partial charge is 0.321 e. The van der Waals surface area contributed by atoms with Crippen molar-refractivity contribution in [2.75, 3.05) is 18.5 Å². The molecule has 1 heterocycles. The van der Waals surface area contributed by atoms with Crippen LogP contribution in [0, 0.1) is 0 Å². The standard InChI is InChI=1S/C17H22N4O2S/c1-12(13-6-3-2-4-7-13)23-11-5-10-18-16(22)19-17-21-20-15(24-17)14-8-9-14/h2-4,6-7,12,14H,5,8-11H2,1H3,(H2,18,19,21,22). The van der Waals surface area contributed by atoms with Crippen LogP contribution in [0.5, 0.6) is 0 Å². The number of amides is 2. The molecule has 1 fully saturated rings. The van der Waals surface area contributed by atoms with Gasteiger partial charge in [-0.2, -0.15) is 0 Å². The molecule has 7 heteroatoms. The Labute approximate surface area is 145 Å². The summed E-state index contributed by atoms with van der Waals surface area (Å²) in [6.07, 6.45) is 3.18. The topological polar surface area (TPSA) is 76.1 Å². The van der Waals surface area contributed by atoms with Crippen LogP contribution in [0.3, 0.4) is 0 Å². The minimum atomic E-state index is -0.246. The molecular weight excluding hydrogens is 324 g/mol. The zero-order valence-electron chi connectivity index (χ0n) is 13.7.